The van der Waals surface area contributed by atoms with E-state index in [2.05, 4.69) is 28.5 Å². The monoisotopic (exact) mass is 320 g/mol. The molecule has 1 aliphatic rings. The second-order valence-electron chi connectivity index (χ2n) is 6.16. The first-order chi connectivity index (χ1) is 11.7. The third-order valence-electron chi connectivity index (χ3n) is 4.57. The molecule has 0 fully saturated rings. The van der Waals surface area contributed by atoms with E-state index in [1.807, 2.05) is 37.3 Å². The van der Waals surface area contributed by atoms with Crippen molar-refractivity contribution in [2.24, 2.45) is 0 Å². The van der Waals surface area contributed by atoms with Crippen molar-refractivity contribution in [3.05, 3.63) is 65.4 Å². The second-order valence-corrected chi connectivity index (χ2v) is 6.16. The van der Waals surface area contributed by atoms with E-state index in [-0.39, 0.29) is 11.9 Å². The number of aromatic nitrogens is 1. The first-order valence-corrected chi connectivity index (χ1v) is 8.37. The molecule has 0 aliphatic heterocycles. The average molecular weight is 320 g/mol. The van der Waals surface area contributed by atoms with Crippen molar-refractivity contribution in [1.29, 1.82) is 0 Å². The van der Waals surface area contributed by atoms with Gasteiger partial charge in [-0.15, -0.1) is 0 Å². The lowest BCUT2D eigenvalue weighted by atomic mass is 10.1. The zero-order chi connectivity index (χ0) is 16.5. The van der Waals surface area contributed by atoms with Crippen molar-refractivity contribution in [3.8, 4) is 5.75 Å². The van der Waals surface area contributed by atoms with Crippen LogP contribution in [0.4, 0.5) is 0 Å². The van der Waals surface area contributed by atoms with E-state index in [0.717, 1.165) is 18.6 Å². The number of fused-ring (bicyclic) bond motifs is 3. The maximum Gasteiger partial charge on any atom is 0.251 e. The number of nitrogens with one attached hydrogen (secondary N) is 2. The molecule has 1 aliphatic carbocycles. The number of para-hydroxylation sites is 1. The predicted molar refractivity (Wildman–Crippen MR) is 94.6 cm³/mol. The molecule has 2 aromatic carbocycles. The summed E-state index contributed by atoms with van der Waals surface area (Å²) in [6, 6.07) is 15.8. The fourth-order valence-corrected chi connectivity index (χ4v) is 3.47. The number of carbonyl (C=O) groups is 1. The zero-order valence-electron chi connectivity index (χ0n) is 13.6. The lowest BCUT2D eigenvalue weighted by Gasteiger charge is -2.13. The summed E-state index contributed by atoms with van der Waals surface area (Å²) in [6.07, 6.45) is 1.73. The zero-order valence-corrected chi connectivity index (χ0v) is 13.6. The van der Waals surface area contributed by atoms with Crippen LogP contribution in [0.2, 0.25) is 0 Å². The highest BCUT2D eigenvalue weighted by molar-refractivity contribution is 5.94. The van der Waals surface area contributed by atoms with Gasteiger partial charge in [0, 0.05) is 34.6 Å². The third-order valence-corrected chi connectivity index (χ3v) is 4.57. The molecule has 1 amide bonds. The van der Waals surface area contributed by atoms with Crippen LogP contribution in [0.25, 0.3) is 10.9 Å². The molecule has 4 nitrogen and oxygen atoms in total. The van der Waals surface area contributed by atoms with Gasteiger partial charge in [0.15, 0.2) is 0 Å². The van der Waals surface area contributed by atoms with Crippen LogP contribution in [0.5, 0.6) is 5.75 Å². The molecular formula is C20H20N2O2. The van der Waals surface area contributed by atoms with E-state index in [1.165, 1.54) is 22.2 Å². The van der Waals surface area contributed by atoms with Gasteiger partial charge in [0.1, 0.15) is 5.75 Å². The third kappa shape index (κ3) is 2.64. The molecule has 0 saturated heterocycles. The van der Waals surface area contributed by atoms with Crippen LogP contribution >= 0.6 is 0 Å². The molecule has 4 rings (SSSR count). The van der Waals surface area contributed by atoms with Crippen LogP contribution in [0, 0.1) is 0 Å². The van der Waals surface area contributed by atoms with Crippen molar-refractivity contribution in [2.75, 3.05) is 6.61 Å². The fourth-order valence-electron chi connectivity index (χ4n) is 3.47. The van der Waals surface area contributed by atoms with E-state index in [0.29, 0.717) is 12.2 Å². The minimum absolute atomic E-state index is 0.0301. The van der Waals surface area contributed by atoms with Gasteiger partial charge in [0.05, 0.1) is 6.61 Å². The van der Waals surface area contributed by atoms with Crippen LogP contribution in [0.15, 0.2) is 48.5 Å². The van der Waals surface area contributed by atoms with E-state index in [1.54, 1.807) is 0 Å². The molecular weight excluding hydrogens is 300 g/mol. The molecule has 4 heteroatoms. The summed E-state index contributed by atoms with van der Waals surface area (Å²) in [5, 5.41) is 4.41. The van der Waals surface area contributed by atoms with Crippen molar-refractivity contribution in [1.82, 2.24) is 10.3 Å². The fraction of sp³-hybridized carbons (Fsp3) is 0.250. The molecule has 3 aromatic rings. The van der Waals surface area contributed by atoms with E-state index in [4.69, 9.17) is 4.74 Å². The van der Waals surface area contributed by atoms with Gasteiger partial charge in [0.25, 0.3) is 5.91 Å². The number of amides is 1. The number of carbonyl (C=O) groups excluding carboxylic acids is 1. The van der Waals surface area contributed by atoms with Crippen molar-refractivity contribution >= 4 is 16.8 Å². The maximum atomic E-state index is 12.4. The number of hydrogen-bond donors (Lipinski definition) is 2. The summed E-state index contributed by atoms with van der Waals surface area (Å²) < 4.78 is 5.41. The number of hydrogen-bond acceptors (Lipinski definition) is 2. The maximum absolute atomic E-state index is 12.4. The summed E-state index contributed by atoms with van der Waals surface area (Å²) in [4.78, 5) is 15.9. The van der Waals surface area contributed by atoms with Crippen LogP contribution in [-0.2, 0) is 12.8 Å². The summed E-state index contributed by atoms with van der Waals surface area (Å²) >= 11 is 0. The minimum Gasteiger partial charge on any atom is -0.494 e. The minimum atomic E-state index is -0.0301. The van der Waals surface area contributed by atoms with Gasteiger partial charge >= 0.3 is 0 Å². The molecule has 122 valence electrons. The first kappa shape index (κ1) is 14.8. The highest BCUT2D eigenvalue weighted by atomic mass is 16.5. The van der Waals surface area contributed by atoms with Gasteiger partial charge < -0.3 is 15.0 Å². The average Bonchev–Trinajstić information content (AvgIpc) is 3.13. The molecule has 1 aromatic heterocycles. The van der Waals surface area contributed by atoms with Gasteiger partial charge in [-0.2, -0.15) is 0 Å². The lowest BCUT2D eigenvalue weighted by Crippen LogP contribution is -2.35. The van der Waals surface area contributed by atoms with Crippen molar-refractivity contribution in [2.45, 2.75) is 25.8 Å². The normalized spacial score (nSPS) is 16.1. The SMILES string of the molecule is CCOc1ccc(C(=O)NC2Cc3[nH]c4ccccc4c3C2)cc1. The molecule has 2 N–H and O–H groups in total. The standard InChI is InChI=1S/C20H20N2O2/c1-2-24-15-9-7-13(8-10-15)20(23)21-14-11-17-16-5-3-4-6-18(16)22-19(17)12-14/h3-10,14,22H,2,11-12H2,1H3,(H,21,23). The van der Waals surface area contributed by atoms with Gasteiger partial charge in [-0.3, -0.25) is 4.79 Å². The lowest BCUT2D eigenvalue weighted by molar-refractivity contribution is 0.0938. The number of aromatic amines is 1. The Kier molecular flexibility index (Phi) is 3.73. The smallest absolute Gasteiger partial charge is 0.251 e. The molecule has 0 radical (unpaired) electrons. The molecule has 0 saturated carbocycles. The van der Waals surface area contributed by atoms with Gasteiger partial charge in [-0.25, -0.2) is 0 Å². The Bertz CT molecular complexity index is 880. The van der Waals surface area contributed by atoms with Gasteiger partial charge in [0.2, 0.25) is 0 Å². The van der Waals surface area contributed by atoms with Gasteiger partial charge in [-0.1, -0.05) is 18.2 Å². The van der Waals surface area contributed by atoms with Crippen LogP contribution in [0.1, 0.15) is 28.5 Å². The van der Waals surface area contributed by atoms with Crippen LogP contribution < -0.4 is 10.1 Å². The quantitative estimate of drug-likeness (QED) is 0.773. The van der Waals surface area contributed by atoms with Crippen molar-refractivity contribution in [3.63, 3.8) is 0 Å². The van der Waals surface area contributed by atoms with E-state index >= 15 is 0 Å². The largest absolute Gasteiger partial charge is 0.494 e. The molecule has 0 bridgehead atoms. The molecule has 24 heavy (non-hydrogen) atoms. The molecule has 0 spiro atoms. The Labute approximate surface area is 140 Å². The summed E-state index contributed by atoms with van der Waals surface area (Å²) in [5.41, 5.74) is 4.42. The summed E-state index contributed by atoms with van der Waals surface area (Å²) in [5.74, 6) is 0.758. The Morgan fingerprint density at radius 3 is 2.75 bits per heavy atom. The Balaban J connectivity index is 1.45. The Hall–Kier alpha value is -2.75. The first-order valence-electron chi connectivity index (χ1n) is 8.37. The van der Waals surface area contributed by atoms with Crippen molar-refractivity contribution < 1.29 is 9.53 Å². The second kappa shape index (κ2) is 6.04. The topological polar surface area (TPSA) is 54.1 Å². The van der Waals surface area contributed by atoms with Crippen LogP contribution in [0.3, 0.4) is 0 Å². The number of rotatable bonds is 4. The number of H-pyrrole nitrogens is 1. The van der Waals surface area contributed by atoms with Gasteiger partial charge in [-0.05, 0) is 49.2 Å². The number of ether oxygens (including phenoxy) is 1. The Morgan fingerprint density at radius 1 is 1.17 bits per heavy atom. The number of benzene rings is 2. The predicted octanol–water partition coefficient (Wildman–Crippen LogP) is 3.46. The highest BCUT2D eigenvalue weighted by Crippen LogP contribution is 2.30. The molecule has 1 heterocycles. The van der Waals surface area contributed by atoms with E-state index in [9.17, 15) is 4.79 Å². The van der Waals surface area contributed by atoms with Crippen LogP contribution in [-0.4, -0.2) is 23.5 Å². The Morgan fingerprint density at radius 2 is 1.96 bits per heavy atom. The molecule has 1 unspecified atom stereocenters. The summed E-state index contributed by atoms with van der Waals surface area (Å²) in [6.45, 7) is 2.57. The summed E-state index contributed by atoms with van der Waals surface area (Å²) in [7, 11) is 0. The highest BCUT2D eigenvalue weighted by Gasteiger charge is 2.26. The van der Waals surface area contributed by atoms with E-state index < -0.39 is 0 Å². The molecule has 1 atom stereocenters.